The second-order valence-electron chi connectivity index (χ2n) is 3.99. The summed E-state index contributed by atoms with van der Waals surface area (Å²) in [5.74, 6) is -3.11. The van der Waals surface area contributed by atoms with Crippen LogP contribution in [-0.4, -0.2) is 22.8 Å². The smallest absolute Gasteiger partial charge is 0.339 e. The Kier molecular flexibility index (Phi) is 5.42. The normalized spacial score (nSPS) is 10.3. The van der Waals surface area contributed by atoms with Crippen molar-refractivity contribution in [3.05, 3.63) is 23.5 Å². The quantitative estimate of drug-likeness (QED) is 0.735. The zero-order valence-electron chi connectivity index (χ0n) is 10.3. The monoisotopic (exact) mass is 256 g/mol. The van der Waals surface area contributed by atoms with Gasteiger partial charge >= 0.3 is 5.97 Å². The van der Waals surface area contributed by atoms with E-state index in [9.17, 15) is 14.3 Å². The summed E-state index contributed by atoms with van der Waals surface area (Å²) in [6, 6.07) is 1.99. The number of hydrogen-bond donors (Lipinski definition) is 2. The van der Waals surface area contributed by atoms with Crippen LogP contribution < -0.4 is 4.74 Å². The molecular formula is C13H17FO4. The van der Waals surface area contributed by atoms with Crippen LogP contribution in [0.4, 0.5) is 4.39 Å². The van der Waals surface area contributed by atoms with E-state index < -0.39 is 17.5 Å². The lowest BCUT2D eigenvalue weighted by Gasteiger charge is -2.10. The molecule has 0 spiro atoms. The predicted octanol–water partition coefficient (Wildman–Crippen LogP) is 3.19. The molecule has 0 unspecified atom stereocenters. The molecule has 0 saturated carbocycles. The number of hydrogen-bond acceptors (Lipinski definition) is 3. The molecule has 0 fully saturated rings. The van der Waals surface area contributed by atoms with Crippen LogP contribution in [0.2, 0.25) is 0 Å². The zero-order chi connectivity index (χ0) is 13.5. The van der Waals surface area contributed by atoms with Gasteiger partial charge in [-0.25, -0.2) is 9.18 Å². The van der Waals surface area contributed by atoms with Crippen LogP contribution in [0.25, 0.3) is 0 Å². The van der Waals surface area contributed by atoms with Gasteiger partial charge in [-0.1, -0.05) is 26.2 Å². The summed E-state index contributed by atoms with van der Waals surface area (Å²) in [7, 11) is 0. The molecule has 1 aromatic rings. The molecule has 0 aliphatic rings. The number of aromatic hydroxyl groups is 1. The number of halogens is 1. The van der Waals surface area contributed by atoms with E-state index in [4.69, 9.17) is 9.84 Å². The van der Waals surface area contributed by atoms with Crippen molar-refractivity contribution in [2.75, 3.05) is 6.61 Å². The Balaban J connectivity index is 2.69. The predicted molar refractivity (Wildman–Crippen MR) is 64.7 cm³/mol. The minimum atomic E-state index is -1.32. The fraction of sp³-hybridized carbons (Fsp3) is 0.462. The lowest BCUT2D eigenvalue weighted by molar-refractivity contribution is 0.0692. The molecule has 0 bridgehead atoms. The van der Waals surface area contributed by atoms with Gasteiger partial charge in [0.05, 0.1) is 6.61 Å². The fourth-order valence-electron chi connectivity index (χ4n) is 1.56. The van der Waals surface area contributed by atoms with Crippen molar-refractivity contribution >= 4 is 5.97 Å². The second kappa shape index (κ2) is 6.83. The number of carboxylic acids is 1. The Morgan fingerprint density at radius 2 is 2.06 bits per heavy atom. The molecule has 18 heavy (non-hydrogen) atoms. The fourth-order valence-corrected chi connectivity index (χ4v) is 1.56. The summed E-state index contributed by atoms with van der Waals surface area (Å²) >= 11 is 0. The molecule has 0 aliphatic carbocycles. The first-order valence-corrected chi connectivity index (χ1v) is 5.95. The summed E-state index contributed by atoms with van der Waals surface area (Å²) in [6.07, 6.45) is 3.84. The van der Waals surface area contributed by atoms with E-state index >= 15 is 0 Å². The number of aromatic carboxylic acids is 1. The van der Waals surface area contributed by atoms with E-state index in [-0.39, 0.29) is 17.9 Å². The molecule has 0 radical (unpaired) electrons. The Bertz CT molecular complexity index is 418. The SMILES string of the molecule is CCCCCCOc1c(F)ccc(C(=O)O)c1O. The van der Waals surface area contributed by atoms with Gasteiger partial charge < -0.3 is 14.9 Å². The molecule has 5 heteroatoms. The molecule has 1 aromatic carbocycles. The minimum absolute atomic E-state index is 0.257. The first-order valence-electron chi connectivity index (χ1n) is 5.95. The van der Waals surface area contributed by atoms with Gasteiger partial charge in [0, 0.05) is 0 Å². The molecule has 0 aromatic heterocycles. The maximum atomic E-state index is 13.4. The Morgan fingerprint density at radius 3 is 2.67 bits per heavy atom. The molecule has 100 valence electrons. The van der Waals surface area contributed by atoms with E-state index in [0.717, 1.165) is 37.8 Å². The van der Waals surface area contributed by atoms with Gasteiger partial charge in [-0.05, 0) is 18.6 Å². The zero-order valence-corrected chi connectivity index (χ0v) is 10.3. The molecule has 0 amide bonds. The first-order chi connectivity index (χ1) is 8.57. The molecule has 4 nitrogen and oxygen atoms in total. The highest BCUT2D eigenvalue weighted by Crippen LogP contribution is 2.33. The van der Waals surface area contributed by atoms with Crippen LogP contribution in [-0.2, 0) is 0 Å². The van der Waals surface area contributed by atoms with Crippen molar-refractivity contribution in [3.63, 3.8) is 0 Å². The average molecular weight is 256 g/mol. The van der Waals surface area contributed by atoms with Gasteiger partial charge in [0.1, 0.15) is 5.56 Å². The standard InChI is InChI=1S/C13H17FO4/c1-2-3-4-5-8-18-12-10(14)7-6-9(11(12)15)13(16)17/h6-7,15H,2-5,8H2,1H3,(H,16,17). The van der Waals surface area contributed by atoms with Gasteiger partial charge in [-0.3, -0.25) is 0 Å². The topological polar surface area (TPSA) is 66.8 Å². The van der Waals surface area contributed by atoms with Gasteiger partial charge in [0.15, 0.2) is 17.3 Å². The molecule has 0 heterocycles. The molecular weight excluding hydrogens is 239 g/mol. The van der Waals surface area contributed by atoms with E-state index in [0.29, 0.717) is 0 Å². The number of phenols is 1. The van der Waals surface area contributed by atoms with Gasteiger partial charge in [-0.2, -0.15) is 0 Å². The second-order valence-corrected chi connectivity index (χ2v) is 3.99. The maximum absolute atomic E-state index is 13.4. The van der Waals surface area contributed by atoms with Gasteiger partial charge in [-0.15, -0.1) is 0 Å². The van der Waals surface area contributed by atoms with Crippen LogP contribution in [0.15, 0.2) is 12.1 Å². The third-order valence-electron chi connectivity index (χ3n) is 2.56. The highest BCUT2D eigenvalue weighted by Gasteiger charge is 2.18. The molecule has 2 N–H and O–H groups in total. The maximum Gasteiger partial charge on any atom is 0.339 e. The van der Waals surface area contributed by atoms with Gasteiger partial charge in [0.2, 0.25) is 0 Å². The molecule has 0 aliphatic heterocycles. The molecule has 1 rings (SSSR count). The number of carboxylic acid groups (broad SMARTS) is 1. The Hall–Kier alpha value is -1.78. The summed E-state index contributed by atoms with van der Waals surface area (Å²) in [5, 5.41) is 18.4. The Labute approximate surface area is 105 Å². The molecule has 0 saturated heterocycles. The first kappa shape index (κ1) is 14.3. The lowest BCUT2D eigenvalue weighted by Crippen LogP contribution is -2.03. The molecule has 0 atom stereocenters. The number of carbonyl (C=O) groups is 1. The van der Waals surface area contributed by atoms with Crippen molar-refractivity contribution in [3.8, 4) is 11.5 Å². The average Bonchev–Trinajstić information content (AvgIpc) is 2.32. The van der Waals surface area contributed by atoms with Crippen molar-refractivity contribution in [1.29, 1.82) is 0 Å². The van der Waals surface area contributed by atoms with Gasteiger partial charge in [0.25, 0.3) is 0 Å². The van der Waals surface area contributed by atoms with Crippen molar-refractivity contribution in [2.45, 2.75) is 32.6 Å². The van der Waals surface area contributed by atoms with Crippen LogP contribution in [0.3, 0.4) is 0 Å². The lowest BCUT2D eigenvalue weighted by atomic mass is 10.2. The largest absolute Gasteiger partial charge is 0.504 e. The van der Waals surface area contributed by atoms with Crippen molar-refractivity contribution in [2.24, 2.45) is 0 Å². The summed E-state index contributed by atoms with van der Waals surface area (Å²) in [6.45, 7) is 2.33. The number of ether oxygens (including phenoxy) is 1. The highest BCUT2D eigenvalue weighted by atomic mass is 19.1. The summed E-state index contributed by atoms with van der Waals surface area (Å²) < 4.78 is 18.5. The number of benzene rings is 1. The van der Waals surface area contributed by atoms with Crippen LogP contribution >= 0.6 is 0 Å². The summed E-state index contributed by atoms with van der Waals surface area (Å²) in [4.78, 5) is 10.8. The van der Waals surface area contributed by atoms with E-state index in [1.165, 1.54) is 0 Å². The Morgan fingerprint density at radius 1 is 1.33 bits per heavy atom. The van der Waals surface area contributed by atoms with E-state index in [1.54, 1.807) is 0 Å². The number of unbranched alkanes of at least 4 members (excludes halogenated alkanes) is 3. The van der Waals surface area contributed by atoms with Crippen LogP contribution in [0.1, 0.15) is 43.0 Å². The third kappa shape index (κ3) is 3.61. The van der Waals surface area contributed by atoms with Crippen LogP contribution in [0, 0.1) is 5.82 Å². The van der Waals surface area contributed by atoms with Crippen LogP contribution in [0.5, 0.6) is 11.5 Å². The number of rotatable bonds is 7. The van der Waals surface area contributed by atoms with E-state index in [2.05, 4.69) is 6.92 Å². The van der Waals surface area contributed by atoms with E-state index in [1.807, 2.05) is 0 Å². The van der Waals surface area contributed by atoms with Crippen molar-refractivity contribution < 1.29 is 24.1 Å². The highest BCUT2D eigenvalue weighted by molar-refractivity contribution is 5.91. The summed E-state index contributed by atoms with van der Waals surface area (Å²) in [5.41, 5.74) is -0.361. The third-order valence-corrected chi connectivity index (χ3v) is 2.56. The van der Waals surface area contributed by atoms with Crippen molar-refractivity contribution in [1.82, 2.24) is 0 Å². The minimum Gasteiger partial charge on any atom is -0.504 e.